The van der Waals surface area contributed by atoms with Gasteiger partial charge in [0.25, 0.3) is 5.91 Å². The highest BCUT2D eigenvalue weighted by molar-refractivity contribution is 6.37. The fourth-order valence-corrected chi connectivity index (χ4v) is 3.20. The summed E-state index contributed by atoms with van der Waals surface area (Å²) in [4.78, 5) is 39.4. The molecule has 9 heteroatoms. The van der Waals surface area contributed by atoms with E-state index in [2.05, 4.69) is 0 Å². The topological polar surface area (TPSA) is 87.1 Å². The van der Waals surface area contributed by atoms with Crippen molar-refractivity contribution in [1.82, 2.24) is 9.80 Å². The number of benzene rings is 1. The van der Waals surface area contributed by atoms with Crippen molar-refractivity contribution < 1.29 is 24.2 Å². The van der Waals surface area contributed by atoms with E-state index in [1.165, 1.54) is 31.1 Å². The number of carbonyl (C=O) groups excluding carboxylic acids is 2. The Morgan fingerprint density at radius 3 is 2.07 bits per heavy atom. The van der Waals surface area contributed by atoms with E-state index in [-0.39, 0.29) is 10.6 Å². The van der Waals surface area contributed by atoms with Crippen LogP contribution >= 0.6 is 23.2 Å². The molecule has 28 heavy (non-hydrogen) atoms. The third-order valence-electron chi connectivity index (χ3n) is 4.06. The lowest BCUT2D eigenvalue weighted by atomic mass is 10.0. The summed E-state index contributed by atoms with van der Waals surface area (Å²) in [5.41, 5.74) is -0.0351. The predicted octanol–water partition coefficient (Wildman–Crippen LogP) is 3.92. The number of halogens is 2. The Balaban J connectivity index is 3.79. The second-order valence-electron chi connectivity index (χ2n) is 5.99. The van der Waals surface area contributed by atoms with Gasteiger partial charge in [-0.05, 0) is 38.0 Å². The smallest absolute Gasteiger partial charge is 0.415 e. The molecular weight excluding hydrogens is 407 g/mol. The summed E-state index contributed by atoms with van der Waals surface area (Å²) < 4.78 is 5.41. The van der Waals surface area contributed by atoms with Gasteiger partial charge < -0.3 is 19.6 Å². The number of nitrogens with zero attached hydrogens (tertiary/aromatic N) is 2. The van der Waals surface area contributed by atoms with Crippen LogP contribution in [0.1, 0.15) is 31.9 Å². The molecule has 0 saturated heterocycles. The van der Waals surface area contributed by atoms with E-state index in [1.54, 1.807) is 13.8 Å². The van der Waals surface area contributed by atoms with Crippen LogP contribution in [0, 0.1) is 0 Å². The van der Waals surface area contributed by atoms with Gasteiger partial charge in [0.2, 0.25) is 0 Å². The first kappa shape index (κ1) is 23.8. The molecule has 154 valence electrons. The Kier molecular flexibility index (Phi) is 8.78. The van der Waals surface area contributed by atoms with E-state index in [9.17, 15) is 19.5 Å². The SMILES string of the molecule is CCc1c(Cl)ccc(C(OC(=O)N(CC)CC)=C(C(=O)O)C(=O)N(C)C)c1Cl. The molecule has 0 aliphatic heterocycles. The van der Waals surface area contributed by atoms with Gasteiger partial charge in [-0.1, -0.05) is 30.1 Å². The van der Waals surface area contributed by atoms with Crippen LogP contribution in [0.25, 0.3) is 5.76 Å². The van der Waals surface area contributed by atoms with Gasteiger partial charge in [0, 0.05) is 37.8 Å². The average Bonchev–Trinajstić information content (AvgIpc) is 2.62. The Bertz CT molecular complexity index is 802. The molecular formula is C19H24Cl2N2O5. The van der Waals surface area contributed by atoms with Crippen LogP contribution in [0.2, 0.25) is 10.0 Å². The summed E-state index contributed by atoms with van der Waals surface area (Å²) in [5, 5.41) is 10.2. The highest BCUT2D eigenvalue weighted by Crippen LogP contribution is 2.35. The third kappa shape index (κ3) is 5.17. The number of carboxylic acid groups (broad SMARTS) is 1. The van der Waals surface area contributed by atoms with Crippen molar-refractivity contribution >= 4 is 46.9 Å². The molecule has 7 nitrogen and oxygen atoms in total. The van der Waals surface area contributed by atoms with Crippen LogP contribution in [0.15, 0.2) is 17.7 Å². The lowest BCUT2D eigenvalue weighted by Gasteiger charge is -2.22. The largest absolute Gasteiger partial charge is 0.477 e. The number of likely N-dealkylation sites (N-methyl/N-ethyl adjacent to an activating group) is 1. The maximum absolute atomic E-state index is 12.5. The minimum absolute atomic E-state index is 0.107. The number of carbonyl (C=O) groups is 3. The van der Waals surface area contributed by atoms with Gasteiger partial charge in [0.1, 0.15) is 0 Å². The highest BCUT2D eigenvalue weighted by atomic mass is 35.5. The first-order valence-corrected chi connectivity index (χ1v) is 9.49. The second kappa shape index (κ2) is 10.3. The lowest BCUT2D eigenvalue weighted by Crippen LogP contribution is -2.33. The molecule has 0 fully saturated rings. The van der Waals surface area contributed by atoms with E-state index < -0.39 is 29.3 Å². The van der Waals surface area contributed by atoms with Crippen LogP contribution in [-0.4, -0.2) is 60.1 Å². The number of carboxylic acids is 1. The van der Waals surface area contributed by atoms with Crippen LogP contribution in [0.4, 0.5) is 4.79 Å². The highest BCUT2D eigenvalue weighted by Gasteiger charge is 2.31. The van der Waals surface area contributed by atoms with Crippen LogP contribution in [-0.2, 0) is 20.7 Å². The van der Waals surface area contributed by atoms with Gasteiger partial charge in [0.05, 0.1) is 5.02 Å². The first-order valence-electron chi connectivity index (χ1n) is 8.73. The standard InChI is InChI=1S/C19H24Cl2N2O5/c1-6-11-13(20)10-9-12(15(11)21)16(28-19(27)23(7-2)8-3)14(18(25)26)17(24)22(4)5/h9-10H,6-8H2,1-5H3,(H,25,26). The molecule has 1 N–H and O–H groups in total. The molecule has 0 aromatic heterocycles. The number of hydrogen-bond donors (Lipinski definition) is 1. The monoisotopic (exact) mass is 430 g/mol. The summed E-state index contributed by atoms with van der Waals surface area (Å²) in [5.74, 6) is -2.79. The molecule has 1 aromatic rings. The average molecular weight is 431 g/mol. The molecule has 0 heterocycles. The summed E-state index contributed by atoms with van der Waals surface area (Å²) in [6.07, 6.45) is -0.318. The number of rotatable bonds is 7. The van der Waals surface area contributed by atoms with Gasteiger partial charge in [-0.25, -0.2) is 9.59 Å². The minimum atomic E-state index is -1.54. The van der Waals surface area contributed by atoms with Gasteiger partial charge in [-0.15, -0.1) is 0 Å². The van der Waals surface area contributed by atoms with Crippen LogP contribution in [0.3, 0.4) is 0 Å². The van der Waals surface area contributed by atoms with Crippen molar-refractivity contribution in [1.29, 1.82) is 0 Å². The molecule has 0 saturated carbocycles. The molecule has 1 rings (SSSR count). The quantitative estimate of drug-likeness (QED) is 0.306. The number of hydrogen-bond acceptors (Lipinski definition) is 4. The zero-order valence-corrected chi connectivity index (χ0v) is 18.0. The van der Waals surface area contributed by atoms with E-state index in [4.69, 9.17) is 27.9 Å². The molecule has 0 bridgehead atoms. The Hall–Kier alpha value is -2.25. The normalized spacial score (nSPS) is 11.5. The minimum Gasteiger partial charge on any atom is -0.477 e. The Morgan fingerprint density at radius 2 is 1.64 bits per heavy atom. The molecule has 0 unspecified atom stereocenters. The van der Waals surface area contributed by atoms with E-state index in [1.807, 2.05) is 6.92 Å². The first-order chi connectivity index (χ1) is 13.1. The van der Waals surface area contributed by atoms with Crippen LogP contribution < -0.4 is 0 Å². The summed E-state index contributed by atoms with van der Waals surface area (Å²) >= 11 is 12.6. The summed E-state index contributed by atoms with van der Waals surface area (Å²) in [6.45, 7) is 6.02. The zero-order valence-electron chi connectivity index (χ0n) is 16.5. The summed E-state index contributed by atoms with van der Waals surface area (Å²) in [6, 6.07) is 2.95. The predicted molar refractivity (Wildman–Crippen MR) is 108 cm³/mol. The number of ether oxygens (including phenoxy) is 1. The molecule has 2 amide bonds. The molecule has 0 aliphatic rings. The second-order valence-corrected chi connectivity index (χ2v) is 6.78. The fraction of sp³-hybridized carbons (Fsp3) is 0.421. The summed E-state index contributed by atoms with van der Waals surface area (Å²) in [7, 11) is 2.80. The van der Waals surface area contributed by atoms with Crippen molar-refractivity contribution in [3.63, 3.8) is 0 Å². The number of amides is 2. The molecule has 0 aliphatic carbocycles. The molecule has 0 spiro atoms. The molecule has 0 radical (unpaired) electrons. The maximum Gasteiger partial charge on any atom is 0.415 e. The van der Waals surface area contributed by atoms with Crippen molar-refractivity contribution in [2.24, 2.45) is 0 Å². The van der Waals surface area contributed by atoms with Gasteiger partial charge >= 0.3 is 12.1 Å². The van der Waals surface area contributed by atoms with Crippen LogP contribution in [0.5, 0.6) is 0 Å². The Morgan fingerprint density at radius 1 is 1.07 bits per heavy atom. The van der Waals surface area contributed by atoms with Crippen molar-refractivity contribution in [3.05, 3.63) is 38.9 Å². The van der Waals surface area contributed by atoms with Crippen molar-refractivity contribution in [2.45, 2.75) is 27.2 Å². The van der Waals surface area contributed by atoms with Gasteiger partial charge in [-0.2, -0.15) is 0 Å². The van der Waals surface area contributed by atoms with E-state index in [0.717, 1.165) is 4.90 Å². The maximum atomic E-state index is 12.5. The van der Waals surface area contributed by atoms with E-state index >= 15 is 0 Å². The third-order valence-corrected chi connectivity index (χ3v) is 4.84. The zero-order chi connectivity index (χ0) is 21.6. The van der Waals surface area contributed by atoms with Gasteiger partial charge in [-0.3, -0.25) is 4.79 Å². The molecule has 0 atom stereocenters. The van der Waals surface area contributed by atoms with E-state index in [0.29, 0.717) is 30.1 Å². The lowest BCUT2D eigenvalue weighted by molar-refractivity contribution is -0.136. The number of aliphatic carboxylic acids is 1. The van der Waals surface area contributed by atoms with Crippen molar-refractivity contribution in [3.8, 4) is 0 Å². The van der Waals surface area contributed by atoms with Crippen molar-refractivity contribution in [2.75, 3.05) is 27.2 Å². The van der Waals surface area contributed by atoms with Gasteiger partial charge in [0.15, 0.2) is 11.3 Å². The molecule has 1 aromatic carbocycles. The Labute approximate surface area is 174 Å². The fourth-order valence-electron chi connectivity index (χ4n) is 2.48.